The zero-order valence-corrected chi connectivity index (χ0v) is 12.9. The van der Waals surface area contributed by atoms with Crippen LogP contribution >= 0.6 is 0 Å². The summed E-state index contributed by atoms with van der Waals surface area (Å²) < 4.78 is 6.15. The largest absolute Gasteiger partial charge is 0.486 e. The van der Waals surface area contributed by atoms with Crippen LogP contribution in [0.1, 0.15) is 32.3 Å². The van der Waals surface area contributed by atoms with Gasteiger partial charge in [0.15, 0.2) is 0 Å². The van der Waals surface area contributed by atoms with Crippen LogP contribution in [0.4, 0.5) is 0 Å². The first kappa shape index (κ1) is 14.4. The molecule has 1 saturated heterocycles. The summed E-state index contributed by atoms with van der Waals surface area (Å²) >= 11 is 0. The molecule has 21 heavy (non-hydrogen) atoms. The first-order valence-corrected chi connectivity index (χ1v) is 7.80. The number of rotatable bonds is 3. The fraction of sp³-hybridized carbons (Fsp3) is 0.588. The monoisotopic (exact) mass is 288 g/mol. The molecular weight excluding hydrogens is 264 g/mol. The van der Waals surface area contributed by atoms with Crippen LogP contribution in [-0.2, 0) is 11.3 Å². The summed E-state index contributed by atoms with van der Waals surface area (Å²) in [4.78, 5) is 14.1. The molecule has 2 aliphatic rings. The Morgan fingerprint density at radius 1 is 1.38 bits per heavy atom. The van der Waals surface area contributed by atoms with Gasteiger partial charge in [-0.1, -0.05) is 18.2 Å². The summed E-state index contributed by atoms with van der Waals surface area (Å²) in [5.41, 5.74) is 1.03. The molecule has 0 radical (unpaired) electrons. The van der Waals surface area contributed by atoms with E-state index >= 15 is 0 Å². The fourth-order valence-electron chi connectivity index (χ4n) is 3.32. The molecule has 114 valence electrons. The van der Waals surface area contributed by atoms with E-state index < -0.39 is 0 Å². The molecule has 2 heterocycles. The number of ether oxygens (including phenoxy) is 1. The van der Waals surface area contributed by atoms with Gasteiger partial charge in [-0.05, 0) is 39.3 Å². The molecule has 1 aromatic carbocycles. The molecule has 4 nitrogen and oxygen atoms in total. The fourth-order valence-corrected chi connectivity index (χ4v) is 3.32. The highest BCUT2D eigenvalue weighted by Crippen LogP contribution is 2.29. The minimum Gasteiger partial charge on any atom is -0.486 e. The lowest BCUT2D eigenvalue weighted by molar-refractivity contribution is -0.122. The SMILES string of the molecule is CC1(C)CN(CCC2CCNC2=O)Cc2ccccc2O1. The zero-order chi connectivity index (χ0) is 14.9. The number of hydrogen-bond donors (Lipinski definition) is 1. The van der Waals surface area contributed by atoms with Crippen molar-refractivity contribution in [3.05, 3.63) is 29.8 Å². The Balaban J connectivity index is 1.69. The number of amides is 1. The molecule has 1 amide bonds. The molecule has 1 N–H and O–H groups in total. The number of carbonyl (C=O) groups is 1. The maximum Gasteiger partial charge on any atom is 0.223 e. The van der Waals surface area contributed by atoms with Crippen LogP contribution in [0.25, 0.3) is 0 Å². The van der Waals surface area contributed by atoms with Gasteiger partial charge >= 0.3 is 0 Å². The predicted octanol–water partition coefficient (Wildman–Crippen LogP) is 2.19. The van der Waals surface area contributed by atoms with Gasteiger partial charge < -0.3 is 10.1 Å². The van der Waals surface area contributed by atoms with Gasteiger partial charge in [0.2, 0.25) is 5.91 Å². The van der Waals surface area contributed by atoms with Crippen LogP contribution in [0, 0.1) is 5.92 Å². The van der Waals surface area contributed by atoms with Crippen molar-refractivity contribution in [3.63, 3.8) is 0 Å². The molecule has 0 spiro atoms. The van der Waals surface area contributed by atoms with E-state index in [9.17, 15) is 4.79 Å². The minimum atomic E-state index is -0.204. The molecule has 2 aliphatic heterocycles. The standard InChI is InChI=1S/C17H24N2O2/c1-17(2)12-19(10-8-13-7-9-18-16(13)20)11-14-5-3-4-6-15(14)21-17/h3-6,13H,7-12H2,1-2H3,(H,18,20). The Hall–Kier alpha value is -1.55. The lowest BCUT2D eigenvalue weighted by atomic mass is 10.0. The second-order valence-corrected chi connectivity index (χ2v) is 6.75. The van der Waals surface area contributed by atoms with Crippen molar-refractivity contribution in [2.45, 2.75) is 38.8 Å². The molecule has 1 fully saturated rings. The Morgan fingerprint density at radius 3 is 2.95 bits per heavy atom. The van der Waals surface area contributed by atoms with Gasteiger partial charge in [-0.3, -0.25) is 9.69 Å². The first-order valence-electron chi connectivity index (χ1n) is 7.80. The topological polar surface area (TPSA) is 41.6 Å². The molecule has 3 rings (SSSR count). The molecule has 1 atom stereocenters. The van der Waals surface area contributed by atoms with E-state index in [4.69, 9.17) is 4.74 Å². The van der Waals surface area contributed by atoms with E-state index in [1.807, 2.05) is 12.1 Å². The number of hydrogen-bond acceptors (Lipinski definition) is 3. The number of fused-ring (bicyclic) bond motifs is 1. The summed E-state index contributed by atoms with van der Waals surface area (Å²) in [6.45, 7) is 7.82. The van der Waals surface area contributed by atoms with Gasteiger partial charge in [-0.2, -0.15) is 0 Å². The third-order valence-electron chi connectivity index (χ3n) is 4.31. The lowest BCUT2D eigenvalue weighted by Gasteiger charge is -2.29. The van der Waals surface area contributed by atoms with Crippen LogP contribution in [0.2, 0.25) is 0 Å². The second kappa shape index (κ2) is 5.68. The average Bonchev–Trinajstić information content (AvgIpc) is 2.76. The second-order valence-electron chi connectivity index (χ2n) is 6.75. The van der Waals surface area contributed by atoms with Gasteiger partial charge in [0.1, 0.15) is 11.4 Å². The van der Waals surface area contributed by atoms with Crippen LogP contribution < -0.4 is 10.1 Å². The van der Waals surface area contributed by atoms with Crippen molar-refractivity contribution in [3.8, 4) is 5.75 Å². The first-order chi connectivity index (χ1) is 10.0. The van der Waals surface area contributed by atoms with Gasteiger partial charge in [0.25, 0.3) is 0 Å². The highest BCUT2D eigenvalue weighted by molar-refractivity contribution is 5.80. The molecule has 1 unspecified atom stereocenters. The van der Waals surface area contributed by atoms with E-state index in [1.165, 1.54) is 5.56 Å². The molecule has 0 aromatic heterocycles. The van der Waals surface area contributed by atoms with Crippen molar-refractivity contribution in [1.82, 2.24) is 10.2 Å². The Kier molecular flexibility index (Phi) is 3.89. The highest BCUT2D eigenvalue weighted by Gasteiger charge is 2.30. The van der Waals surface area contributed by atoms with Crippen LogP contribution in [0.5, 0.6) is 5.75 Å². The van der Waals surface area contributed by atoms with Crippen molar-refractivity contribution >= 4 is 5.91 Å². The van der Waals surface area contributed by atoms with Crippen molar-refractivity contribution in [2.24, 2.45) is 5.92 Å². The molecular formula is C17H24N2O2. The summed E-state index contributed by atoms with van der Waals surface area (Å²) in [5, 5.41) is 2.92. The van der Waals surface area contributed by atoms with Crippen LogP contribution in [-0.4, -0.2) is 36.0 Å². The van der Waals surface area contributed by atoms with Crippen molar-refractivity contribution < 1.29 is 9.53 Å². The van der Waals surface area contributed by atoms with E-state index in [2.05, 4.69) is 36.2 Å². The minimum absolute atomic E-state index is 0.188. The molecule has 0 aliphatic carbocycles. The third-order valence-corrected chi connectivity index (χ3v) is 4.31. The van der Waals surface area contributed by atoms with Crippen molar-refractivity contribution in [1.29, 1.82) is 0 Å². The third kappa shape index (κ3) is 3.38. The number of nitrogens with zero attached hydrogens (tertiary/aromatic N) is 1. The van der Waals surface area contributed by atoms with Crippen molar-refractivity contribution in [2.75, 3.05) is 19.6 Å². The van der Waals surface area contributed by atoms with Gasteiger partial charge in [0.05, 0.1) is 0 Å². The summed E-state index contributed by atoms with van der Waals surface area (Å²) in [5.74, 6) is 1.40. The van der Waals surface area contributed by atoms with Crippen LogP contribution in [0.15, 0.2) is 24.3 Å². The van der Waals surface area contributed by atoms with E-state index in [1.54, 1.807) is 0 Å². The number of carbonyl (C=O) groups excluding carboxylic acids is 1. The predicted molar refractivity (Wildman–Crippen MR) is 82.2 cm³/mol. The Labute approximate surface area is 126 Å². The zero-order valence-electron chi connectivity index (χ0n) is 12.9. The van der Waals surface area contributed by atoms with Gasteiger partial charge in [0, 0.05) is 31.1 Å². The normalized spacial score (nSPS) is 24.9. The smallest absolute Gasteiger partial charge is 0.223 e. The molecule has 1 aromatic rings. The summed E-state index contributed by atoms with van der Waals surface area (Å²) in [6.07, 6.45) is 1.91. The number of nitrogens with one attached hydrogen (secondary N) is 1. The van der Waals surface area contributed by atoms with Gasteiger partial charge in [-0.25, -0.2) is 0 Å². The Morgan fingerprint density at radius 2 is 2.19 bits per heavy atom. The summed E-state index contributed by atoms with van der Waals surface area (Å²) in [7, 11) is 0. The van der Waals surface area contributed by atoms with E-state index in [0.29, 0.717) is 0 Å². The number of benzene rings is 1. The maximum atomic E-state index is 11.7. The van der Waals surface area contributed by atoms with E-state index in [0.717, 1.165) is 44.8 Å². The number of para-hydroxylation sites is 1. The average molecular weight is 288 g/mol. The lowest BCUT2D eigenvalue weighted by Crippen LogP contribution is -2.41. The highest BCUT2D eigenvalue weighted by atomic mass is 16.5. The van der Waals surface area contributed by atoms with Crippen LogP contribution in [0.3, 0.4) is 0 Å². The molecule has 4 heteroatoms. The van der Waals surface area contributed by atoms with E-state index in [-0.39, 0.29) is 17.4 Å². The quantitative estimate of drug-likeness (QED) is 0.927. The summed E-state index contributed by atoms with van der Waals surface area (Å²) in [6, 6.07) is 8.26. The Bertz CT molecular complexity index is 527. The maximum absolute atomic E-state index is 11.7. The van der Waals surface area contributed by atoms with Gasteiger partial charge in [-0.15, -0.1) is 0 Å². The molecule has 0 bridgehead atoms. The molecule has 0 saturated carbocycles.